The highest BCUT2D eigenvalue weighted by molar-refractivity contribution is 5.40. The molecule has 1 fully saturated rings. The monoisotopic (exact) mass is 190 g/mol. The van der Waals surface area contributed by atoms with E-state index in [0.717, 1.165) is 17.9 Å². The summed E-state index contributed by atoms with van der Waals surface area (Å²) in [6.45, 7) is 4.24. The van der Waals surface area contributed by atoms with Crippen molar-refractivity contribution < 1.29 is 0 Å². The number of hydrogen-bond acceptors (Lipinski definition) is 2. The van der Waals surface area contributed by atoms with Crippen LogP contribution in [0.4, 0.5) is 5.82 Å². The second-order valence-corrected chi connectivity index (χ2v) is 4.13. The summed E-state index contributed by atoms with van der Waals surface area (Å²) in [6, 6.07) is 5.01. The molecule has 1 aromatic rings. The van der Waals surface area contributed by atoms with E-state index in [1.165, 1.54) is 24.8 Å². The topological polar surface area (TPSA) is 24.9 Å². The quantitative estimate of drug-likeness (QED) is 0.792. The average Bonchev–Trinajstić information content (AvgIpc) is 2.10. The summed E-state index contributed by atoms with van der Waals surface area (Å²) in [5.41, 5.74) is 2.49. The fourth-order valence-corrected chi connectivity index (χ4v) is 1.78. The lowest BCUT2D eigenvalue weighted by molar-refractivity contribution is 0.444. The number of pyridine rings is 1. The van der Waals surface area contributed by atoms with E-state index in [4.69, 9.17) is 0 Å². The second kappa shape index (κ2) is 3.99. The number of anilines is 1. The lowest BCUT2D eigenvalue weighted by Crippen LogP contribution is -2.27. The minimum Gasteiger partial charge on any atom is -0.367 e. The van der Waals surface area contributed by atoms with Gasteiger partial charge in [-0.2, -0.15) is 0 Å². The Morgan fingerprint density at radius 2 is 2.21 bits per heavy atom. The van der Waals surface area contributed by atoms with Crippen molar-refractivity contribution >= 4 is 5.82 Å². The molecule has 1 aromatic heterocycles. The van der Waals surface area contributed by atoms with Crippen LogP contribution in [-0.2, 0) is 6.42 Å². The van der Waals surface area contributed by atoms with Crippen molar-refractivity contribution in [1.29, 1.82) is 0 Å². The molecule has 0 bridgehead atoms. The Morgan fingerprint density at radius 3 is 2.79 bits per heavy atom. The van der Waals surface area contributed by atoms with Crippen molar-refractivity contribution in [3.63, 3.8) is 0 Å². The Labute approximate surface area is 85.7 Å². The number of rotatable bonds is 3. The minimum atomic E-state index is 0.675. The average molecular weight is 190 g/mol. The lowest BCUT2D eigenvalue weighted by atomic mass is 9.93. The Bertz CT molecular complexity index is 316. The third kappa shape index (κ3) is 2.06. The third-order valence-corrected chi connectivity index (χ3v) is 2.88. The highest BCUT2D eigenvalue weighted by Crippen LogP contribution is 2.23. The van der Waals surface area contributed by atoms with Crippen LogP contribution >= 0.6 is 0 Å². The van der Waals surface area contributed by atoms with E-state index in [0.29, 0.717) is 6.04 Å². The lowest BCUT2D eigenvalue weighted by Gasteiger charge is -2.27. The van der Waals surface area contributed by atoms with E-state index in [-0.39, 0.29) is 0 Å². The highest BCUT2D eigenvalue weighted by Gasteiger charge is 2.17. The molecule has 0 amide bonds. The predicted molar refractivity (Wildman–Crippen MR) is 59.6 cm³/mol. The minimum absolute atomic E-state index is 0.675. The number of nitrogens with one attached hydrogen (secondary N) is 1. The molecule has 2 rings (SSSR count). The van der Waals surface area contributed by atoms with Crippen molar-refractivity contribution in [2.24, 2.45) is 0 Å². The first kappa shape index (κ1) is 9.50. The van der Waals surface area contributed by atoms with E-state index >= 15 is 0 Å². The molecule has 1 aliphatic rings. The van der Waals surface area contributed by atoms with Crippen molar-refractivity contribution in [3.8, 4) is 0 Å². The summed E-state index contributed by atoms with van der Waals surface area (Å²) < 4.78 is 0. The number of aromatic nitrogens is 1. The van der Waals surface area contributed by atoms with E-state index < -0.39 is 0 Å². The summed E-state index contributed by atoms with van der Waals surface area (Å²) in [5, 5.41) is 3.48. The molecular weight excluding hydrogens is 172 g/mol. The SMILES string of the molecule is CCc1cc(C)nc(NC2CCC2)c1. The molecule has 0 saturated heterocycles. The van der Waals surface area contributed by atoms with Crippen LogP contribution in [0.2, 0.25) is 0 Å². The number of nitrogens with zero attached hydrogens (tertiary/aromatic N) is 1. The van der Waals surface area contributed by atoms with E-state index in [9.17, 15) is 0 Å². The van der Waals surface area contributed by atoms with Gasteiger partial charge in [0.2, 0.25) is 0 Å². The van der Waals surface area contributed by atoms with Crippen LogP contribution in [0, 0.1) is 6.92 Å². The zero-order valence-electron chi connectivity index (χ0n) is 9.01. The molecule has 0 aliphatic heterocycles. The van der Waals surface area contributed by atoms with Crippen LogP contribution in [-0.4, -0.2) is 11.0 Å². The molecule has 0 radical (unpaired) electrons. The molecule has 0 spiro atoms. The molecule has 0 unspecified atom stereocenters. The number of hydrogen-bond donors (Lipinski definition) is 1. The molecule has 0 aromatic carbocycles. The zero-order valence-corrected chi connectivity index (χ0v) is 9.01. The van der Waals surface area contributed by atoms with E-state index in [1.54, 1.807) is 0 Å². The van der Waals surface area contributed by atoms with Gasteiger partial charge in [0, 0.05) is 11.7 Å². The van der Waals surface area contributed by atoms with Crippen molar-refractivity contribution in [2.75, 3.05) is 5.32 Å². The fourth-order valence-electron chi connectivity index (χ4n) is 1.78. The molecular formula is C12H18N2. The maximum Gasteiger partial charge on any atom is 0.126 e. The van der Waals surface area contributed by atoms with Gasteiger partial charge in [-0.05, 0) is 50.3 Å². The first-order valence-corrected chi connectivity index (χ1v) is 5.52. The first-order valence-electron chi connectivity index (χ1n) is 5.52. The van der Waals surface area contributed by atoms with Gasteiger partial charge in [-0.25, -0.2) is 4.98 Å². The number of aryl methyl sites for hydroxylation is 2. The predicted octanol–water partition coefficient (Wildman–Crippen LogP) is 2.92. The Morgan fingerprint density at radius 1 is 1.43 bits per heavy atom. The van der Waals surface area contributed by atoms with Gasteiger partial charge >= 0.3 is 0 Å². The summed E-state index contributed by atoms with van der Waals surface area (Å²) >= 11 is 0. The Hall–Kier alpha value is -1.05. The molecule has 2 heteroatoms. The van der Waals surface area contributed by atoms with Gasteiger partial charge in [0.25, 0.3) is 0 Å². The molecule has 0 atom stereocenters. The summed E-state index contributed by atoms with van der Waals surface area (Å²) in [7, 11) is 0. The smallest absolute Gasteiger partial charge is 0.126 e. The zero-order chi connectivity index (χ0) is 9.97. The van der Waals surface area contributed by atoms with E-state index in [2.05, 4.69) is 36.3 Å². The highest BCUT2D eigenvalue weighted by atomic mass is 15.0. The van der Waals surface area contributed by atoms with Crippen LogP contribution in [0.3, 0.4) is 0 Å². The molecule has 1 saturated carbocycles. The maximum atomic E-state index is 4.49. The van der Waals surface area contributed by atoms with Crippen LogP contribution in [0.15, 0.2) is 12.1 Å². The normalized spacial score (nSPS) is 16.4. The molecule has 1 aliphatic carbocycles. The van der Waals surface area contributed by atoms with Gasteiger partial charge in [0.15, 0.2) is 0 Å². The van der Waals surface area contributed by atoms with Gasteiger partial charge < -0.3 is 5.32 Å². The molecule has 1 heterocycles. The Balaban J connectivity index is 2.11. The van der Waals surface area contributed by atoms with Gasteiger partial charge in [-0.3, -0.25) is 0 Å². The van der Waals surface area contributed by atoms with Crippen LogP contribution in [0.1, 0.15) is 37.4 Å². The van der Waals surface area contributed by atoms with Crippen molar-refractivity contribution in [3.05, 3.63) is 23.4 Å². The standard InChI is InChI=1S/C12H18N2/c1-3-10-7-9(2)13-12(8-10)14-11-5-4-6-11/h7-8,11H,3-6H2,1-2H3,(H,13,14). The summed E-state index contributed by atoms with van der Waals surface area (Å²) in [5.74, 6) is 1.06. The van der Waals surface area contributed by atoms with Crippen LogP contribution in [0.25, 0.3) is 0 Å². The molecule has 2 nitrogen and oxygen atoms in total. The summed E-state index contributed by atoms with van der Waals surface area (Å²) in [6.07, 6.45) is 5.06. The Kier molecular flexibility index (Phi) is 2.71. The van der Waals surface area contributed by atoms with Crippen molar-refractivity contribution in [1.82, 2.24) is 4.98 Å². The first-order chi connectivity index (χ1) is 6.78. The van der Waals surface area contributed by atoms with Crippen LogP contribution < -0.4 is 5.32 Å². The maximum absolute atomic E-state index is 4.49. The fraction of sp³-hybridized carbons (Fsp3) is 0.583. The summed E-state index contributed by atoms with van der Waals surface area (Å²) in [4.78, 5) is 4.49. The second-order valence-electron chi connectivity index (χ2n) is 4.13. The van der Waals surface area contributed by atoms with Gasteiger partial charge in [-0.1, -0.05) is 6.92 Å². The van der Waals surface area contributed by atoms with Gasteiger partial charge in [0.05, 0.1) is 0 Å². The largest absolute Gasteiger partial charge is 0.367 e. The van der Waals surface area contributed by atoms with Crippen molar-refractivity contribution in [2.45, 2.75) is 45.6 Å². The molecule has 14 heavy (non-hydrogen) atoms. The van der Waals surface area contributed by atoms with Crippen LogP contribution in [0.5, 0.6) is 0 Å². The third-order valence-electron chi connectivity index (χ3n) is 2.88. The van der Waals surface area contributed by atoms with Gasteiger partial charge in [0.1, 0.15) is 5.82 Å². The molecule has 76 valence electrons. The van der Waals surface area contributed by atoms with E-state index in [1.807, 2.05) is 0 Å². The van der Waals surface area contributed by atoms with Gasteiger partial charge in [-0.15, -0.1) is 0 Å². The molecule has 1 N–H and O–H groups in total.